The number of anilines is 1. The molecule has 0 bridgehead atoms. The third kappa shape index (κ3) is 5.04. The van der Waals surface area contributed by atoms with Crippen LogP contribution in [0.15, 0.2) is 24.3 Å². The summed E-state index contributed by atoms with van der Waals surface area (Å²) in [6.07, 6.45) is 0.520. The fourth-order valence-corrected chi connectivity index (χ4v) is 2.77. The molecule has 8 heteroatoms. The number of hydrogen-bond acceptors (Lipinski definition) is 4. The van der Waals surface area contributed by atoms with Gasteiger partial charge in [0.2, 0.25) is 5.91 Å². The van der Waals surface area contributed by atoms with Crippen LogP contribution in [0.5, 0.6) is 5.75 Å². The third-order valence-electron chi connectivity index (χ3n) is 4.16. The lowest BCUT2D eigenvalue weighted by Crippen LogP contribution is -2.40. The normalized spacial score (nSPS) is 17.6. The van der Waals surface area contributed by atoms with Crippen molar-refractivity contribution in [3.63, 3.8) is 0 Å². The Bertz CT molecular complexity index is 637. The molecule has 1 heterocycles. The van der Waals surface area contributed by atoms with E-state index < -0.39 is 18.0 Å². The molecule has 0 spiro atoms. The highest BCUT2D eigenvalue weighted by molar-refractivity contribution is 5.84. The molecule has 1 atom stereocenters. The summed E-state index contributed by atoms with van der Waals surface area (Å²) in [5.41, 5.74) is -0.592. The molecule has 1 unspecified atom stereocenters. The molecule has 25 heavy (non-hydrogen) atoms. The first-order valence-corrected chi connectivity index (χ1v) is 8.00. The average Bonchev–Trinajstić information content (AvgIpc) is 2.94. The van der Waals surface area contributed by atoms with E-state index in [1.54, 1.807) is 18.2 Å². The quantitative estimate of drug-likeness (QED) is 0.785. The first-order chi connectivity index (χ1) is 11.7. The largest absolute Gasteiger partial charge is 0.481 e. The van der Waals surface area contributed by atoms with Crippen LogP contribution in [0.4, 0.5) is 14.5 Å². The van der Waals surface area contributed by atoms with Gasteiger partial charge >= 0.3 is 12.6 Å². The standard InChI is InChI=1S/C17H22F2N2O4/c1-17(2,15(23)24)9-14(22)20-11-7-8-21(10-11)12-5-3-4-6-13(12)25-16(18)19/h3-6,11,16H,7-10H2,1-2H3,(H,20,22)(H,23,24). The molecule has 1 amide bonds. The Balaban J connectivity index is 1.96. The number of aliphatic carboxylic acids is 1. The number of benzene rings is 1. The number of carbonyl (C=O) groups excluding carboxylic acids is 1. The summed E-state index contributed by atoms with van der Waals surface area (Å²) in [6, 6.07) is 6.34. The molecule has 1 aliphatic heterocycles. The van der Waals surface area contributed by atoms with Crippen LogP contribution in [0.2, 0.25) is 0 Å². The lowest BCUT2D eigenvalue weighted by atomic mass is 9.89. The van der Waals surface area contributed by atoms with E-state index in [9.17, 15) is 18.4 Å². The molecule has 2 N–H and O–H groups in total. The van der Waals surface area contributed by atoms with Crippen LogP contribution in [0.3, 0.4) is 0 Å². The molecule has 0 aromatic heterocycles. The second-order valence-corrected chi connectivity index (χ2v) is 6.71. The smallest absolute Gasteiger partial charge is 0.387 e. The van der Waals surface area contributed by atoms with Crippen molar-refractivity contribution in [2.75, 3.05) is 18.0 Å². The van der Waals surface area contributed by atoms with Crippen LogP contribution < -0.4 is 15.0 Å². The SMILES string of the molecule is CC(C)(CC(=O)NC1CCN(c2ccccc2OC(F)F)C1)C(=O)O. The maximum absolute atomic E-state index is 12.5. The zero-order chi connectivity index (χ0) is 18.6. The highest BCUT2D eigenvalue weighted by atomic mass is 19.3. The summed E-state index contributed by atoms with van der Waals surface area (Å²) in [5.74, 6) is -1.28. The highest BCUT2D eigenvalue weighted by Crippen LogP contribution is 2.32. The molecule has 0 radical (unpaired) electrons. The molecule has 1 aromatic rings. The number of nitrogens with one attached hydrogen (secondary N) is 1. The second kappa shape index (κ2) is 7.67. The van der Waals surface area contributed by atoms with Gasteiger partial charge in [-0.05, 0) is 32.4 Å². The van der Waals surface area contributed by atoms with E-state index in [0.717, 1.165) is 0 Å². The summed E-state index contributed by atoms with van der Waals surface area (Å²) in [7, 11) is 0. The number of halogens is 2. The molecular weight excluding hydrogens is 334 g/mol. The minimum atomic E-state index is -2.91. The van der Waals surface area contributed by atoms with Crippen molar-refractivity contribution in [3.05, 3.63) is 24.3 Å². The Morgan fingerprint density at radius 2 is 2.08 bits per heavy atom. The number of alkyl halides is 2. The fraction of sp³-hybridized carbons (Fsp3) is 0.529. The van der Waals surface area contributed by atoms with Crippen LogP contribution >= 0.6 is 0 Å². The van der Waals surface area contributed by atoms with Crippen molar-refractivity contribution in [1.29, 1.82) is 0 Å². The van der Waals surface area contributed by atoms with Gasteiger partial charge in [0.25, 0.3) is 0 Å². The van der Waals surface area contributed by atoms with E-state index >= 15 is 0 Å². The predicted octanol–water partition coefficient (Wildman–Crippen LogP) is 2.48. The van der Waals surface area contributed by atoms with E-state index in [2.05, 4.69) is 10.1 Å². The van der Waals surface area contributed by atoms with Crippen LogP contribution in [-0.2, 0) is 9.59 Å². The zero-order valence-corrected chi connectivity index (χ0v) is 14.2. The van der Waals surface area contributed by atoms with Gasteiger partial charge in [-0.2, -0.15) is 8.78 Å². The molecule has 1 aliphatic rings. The minimum Gasteiger partial charge on any atom is -0.481 e. The summed E-state index contributed by atoms with van der Waals surface area (Å²) >= 11 is 0. The first kappa shape index (κ1) is 19.0. The number of carboxylic acid groups (broad SMARTS) is 1. The van der Waals surface area contributed by atoms with Gasteiger partial charge in [-0.3, -0.25) is 9.59 Å². The van der Waals surface area contributed by atoms with Gasteiger partial charge in [-0.15, -0.1) is 0 Å². The minimum absolute atomic E-state index is 0.0940. The number of amides is 1. The van der Waals surface area contributed by atoms with Crippen molar-refractivity contribution in [1.82, 2.24) is 5.32 Å². The van der Waals surface area contributed by atoms with Crippen molar-refractivity contribution < 1.29 is 28.2 Å². The topological polar surface area (TPSA) is 78.9 Å². The molecule has 2 rings (SSSR count). The van der Waals surface area contributed by atoms with Crippen LogP contribution in [0.1, 0.15) is 26.7 Å². The summed E-state index contributed by atoms with van der Waals surface area (Å²) in [5, 5.41) is 11.9. The number of nitrogens with zero attached hydrogens (tertiary/aromatic N) is 1. The number of ether oxygens (including phenoxy) is 1. The summed E-state index contributed by atoms with van der Waals surface area (Å²) < 4.78 is 29.6. The number of carbonyl (C=O) groups is 2. The predicted molar refractivity (Wildman–Crippen MR) is 87.9 cm³/mol. The van der Waals surface area contributed by atoms with Gasteiger partial charge in [0, 0.05) is 25.6 Å². The second-order valence-electron chi connectivity index (χ2n) is 6.71. The molecule has 0 saturated carbocycles. The van der Waals surface area contributed by atoms with E-state index in [4.69, 9.17) is 5.11 Å². The highest BCUT2D eigenvalue weighted by Gasteiger charge is 2.32. The van der Waals surface area contributed by atoms with Crippen LogP contribution in [0.25, 0.3) is 0 Å². The Kier molecular flexibility index (Phi) is 5.81. The van der Waals surface area contributed by atoms with Gasteiger partial charge in [-0.25, -0.2) is 0 Å². The van der Waals surface area contributed by atoms with Crippen LogP contribution in [-0.4, -0.2) is 42.7 Å². The lowest BCUT2D eigenvalue weighted by molar-refractivity contribution is -0.149. The molecular formula is C17H22F2N2O4. The molecule has 1 aromatic carbocycles. The van der Waals surface area contributed by atoms with Crippen molar-refractivity contribution in [2.45, 2.75) is 39.3 Å². The van der Waals surface area contributed by atoms with Crippen molar-refractivity contribution >= 4 is 17.6 Å². The number of para-hydroxylation sites is 2. The molecule has 1 saturated heterocycles. The molecule has 6 nitrogen and oxygen atoms in total. The number of rotatable bonds is 7. The van der Waals surface area contributed by atoms with Crippen molar-refractivity contribution in [3.8, 4) is 5.75 Å². The van der Waals surface area contributed by atoms with E-state index in [1.165, 1.54) is 19.9 Å². The fourth-order valence-electron chi connectivity index (χ4n) is 2.77. The zero-order valence-electron chi connectivity index (χ0n) is 14.2. The van der Waals surface area contributed by atoms with E-state index in [-0.39, 0.29) is 24.1 Å². The Hall–Kier alpha value is -2.38. The van der Waals surface area contributed by atoms with Crippen LogP contribution in [0, 0.1) is 5.41 Å². The molecule has 138 valence electrons. The molecule has 1 fully saturated rings. The maximum Gasteiger partial charge on any atom is 0.387 e. The van der Waals surface area contributed by atoms with Gasteiger partial charge in [0.05, 0.1) is 11.1 Å². The van der Waals surface area contributed by atoms with E-state index in [1.807, 2.05) is 4.90 Å². The average molecular weight is 356 g/mol. The third-order valence-corrected chi connectivity index (χ3v) is 4.16. The number of carboxylic acids is 1. The Morgan fingerprint density at radius 1 is 1.40 bits per heavy atom. The van der Waals surface area contributed by atoms with Crippen molar-refractivity contribution in [2.24, 2.45) is 5.41 Å². The summed E-state index contributed by atoms with van der Waals surface area (Å²) in [6.45, 7) is 1.11. The first-order valence-electron chi connectivity index (χ1n) is 8.00. The summed E-state index contributed by atoms with van der Waals surface area (Å²) in [4.78, 5) is 25.0. The Morgan fingerprint density at radius 3 is 2.72 bits per heavy atom. The number of hydrogen-bond donors (Lipinski definition) is 2. The van der Waals surface area contributed by atoms with Gasteiger partial charge < -0.3 is 20.1 Å². The molecule has 0 aliphatic carbocycles. The maximum atomic E-state index is 12.5. The van der Waals surface area contributed by atoms with Gasteiger partial charge in [-0.1, -0.05) is 12.1 Å². The monoisotopic (exact) mass is 356 g/mol. The van der Waals surface area contributed by atoms with E-state index in [0.29, 0.717) is 25.2 Å². The lowest BCUT2D eigenvalue weighted by Gasteiger charge is -2.23. The van der Waals surface area contributed by atoms with Gasteiger partial charge in [0.15, 0.2) is 0 Å². The van der Waals surface area contributed by atoms with Gasteiger partial charge in [0.1, 0.15) is 5.75 Å². The Labute approximate surface area is 144 Å².